The molecule has 1 aliphatic carbocycles. The van der Waals surface area contributed by atoms with E-state index in [1.807, 2.05) is 13.8 Å². The number of benzene rings is 1. The SMILES string of the molecule is CCN1C(=O)NC(c2cccc(F)c2)C2C(=O)CC(C)(C)CC21O. The van der Waals surface area contributed by atoms with Crippen LogP contribution in [0.5, 0.6) is 0 Å². The molecular formula is C18H23FN2O3. The molecule has 2 aliphatic rings. The van der Waals surface area contributed by atoms with E-state index in [0.717, 1.165) is 0 Å². The molecule has 5 nitrogen and oxygen atoms in total. The van der Waals surface area contributed by atoms with Gasteiger partial charge in [0.2, 0.25) is 0 Å². The van der Waals surface area contributed by atoms with Crippen molar-refractivity contribution in [2.75, 3.05) is 6.54 Å². The summed E-state index contributed by atoms with van der Waals surface area (Å²) in [5, 5.41) is 14.2. The molecule has 0 aromatic heterocycles. The number of urea groups is 1. The molecule has 3 atom stereocenters. The predicted octanol–water partition coefficient (Wildman–Crippen LogP) is 2.61. The molecule has 2 amide bonds. The summed E-state index contributed by atoms with van der Waals surface area (Å²) >= 11 is 0. The zero-order chi connectivity index (χ0) is 17.7. The van der Waals surface area contributed by atoms with E-state index in [2.05, 4.69) is 5.32 Å². The number of carbonyl (C=O) groups is 2. The van der Waals surface area contributed by atoms with E-state index in [-0.39, 0.29) is 12.3 Å². The maximum Gasteiger partial charge on any atom is 0.320 e. The van der Waals surface area contributed by atoms with Crippen LogP contribution >= 0.6 is 0 Å². The van der Waals surface area contributed by atoms with Gasteiger partial charge in [-0.2, -0.15) is 0 Å². The molecule has 0 bridgehead atoms. The number of hydrogen-bond donors (Lipinski definition) is 2. The average Bonchev–Trinajstić information content (AvgIpc) is 2.44. The number of nitrogens with zero attached hydrogens (tertiary/aromatic N) is 1. The van der Waals surface area contributed by atoms with Crippen LogP contribution in [0.1, 0.15) is 45.2 Å². The van der Waals surface area contributed by atoms with E-state index in [0.29, 0.717) is 18.4 Å². The Bertz CT molecular complexity index is 691. The molecule has 1 heterocycles. The van der Waals surface area contributed by atoms with Crippen molar-refractivity contribution in [3.05, 3.63) is 35.6 Å². The first-order valence-electron chi connectivity index (χ1n) is 8.27. The molecule has 3 unspecified atom stereocenters. The Balaban J connectivity index is 2.10. The number of amides is 2. The summed E-state index contributed by atoms with van der Waals surface area (Å²) in [6.07, 6.45) is 0.628. The van der Waals surface area contributed by atoms with Crippen molar-refractivity contribution in [3.8, 4) is 0 Å². The van der Waals surface area contributed by atoms with Gasteiger partial charge in [0, 0.05) is 19.4 Å². The van der Waals surface area contributed by atoms with Crippen LogP contribution in [0.25, 0.3) is 0 Å². The molecule has 1 aromatic carbocycles. The quantitative estimate of drug-likeness (QED) is 0.873. The van der Waals surface area contributed by atoms with Gasteiger partial charge in [0.05, 0.1) is 12.0 Å². The highest BCUT2D eigenvalue weighted by atomic mass is 19.1. The van der Waals surface area contributed by atoms with E-state index in [1.54, 1.807) is 19.1 Å². The second-order valence-corrected chi connectivity index (χ2v) is 7.57. The van der Waals surface area contributed by atoms with Crippen molar-refractivity contribution in [2.45, 2.75) is 45.4 Å². The third-order valence-corrected chi connectivity index (χ3v) is 5.09. The fraction of sp³-hybridized carbons (Fsp3) is 0.556. The molecule has 1 aromatic rings. The Morgan fingerprint density at radius 2 is 2.08 bits per heavy atom. The number of nitrogens with one attached hydrogen (secondary N) is 1. The standard InChI is InChI=1S/C18H23FN2O3/c1-4-21-16(23)20-15(11-6-5-7-12(19)8-11)14-13(22)9-17(2,3)10-18(14,21)24/h5-8,14-15,24H,4,9-10H2,1-3H3,(H,20,23). The fourth-order valence-corrected chi connectivity index (χ4v) is 4.30. The summed E-state index contributed by atoms with van der Waals surface area (Å²) in [7, 11) is 0. The Labute approximate surface area is 140 Å². The minimum absolute atomic E-state index is 0.110. The van der Waals surface area contributed by atoms with Gasteiger partial charge >= 0.3 is 6.03 Å². The molecule has 1 saturated heterocycles. The van der Waals surface area contributed by atoms with Crippen LogP contribution in [0.4, 0.5) is 9.18 Å². The molecule has 0 spiro atoms. The first kappa shape index (κ1) is 16.9. The normalized spacial score (nSPS) is 32.3. The highest BCUT2D eigenvalue weighted by Gasteiger charge is 2.60. The molecule has 1 saturated carbocycles. The summed E-state index contributed by atoms with van der Waals surface area (Å²) < 4.78 is 13.6. The van der Waals surface area contributed by atoms with E-state index in [1.165, 1.54) is 17.0 Å². The van der Waals surface area contributed by atoms with Crippen molar-refractivity contribution >= 4 is 11.8 Å². The van der Waals surface area contributed by atoms with Crippen LogP contribution in [-0.4, -0.2) is 34.1 Å². The molecule has 3 rings (SSSR count). The number of hydrogen-bond acceptors (Lipinski definition) is 3. The van der Waals surface area contributed by atoms with Crippen molar-refractivity contribution in [1.82, 2.24) is 10.2 Å². The lowest BCUT2D eigenvalue weighted by Crippen LogP contribution is -2.71. The summed E-state index contributed by atoms with van der Waals surface area (Å²) in [5.41, 5.74) is -1.47. The Kier molecular flexibility index (Phi) is 3.91. The summed E-state index contributed by atoms with van der Waals surface area (Å²) in [6.45, 7) is 5.88. The smallest absolute Gasteiger partial charge is 0.320 e. The van der Waals surface area contributed by atoms with Crippen molar-refractivity contribution in [3.63, 3.8) is 0 Å². The first-order valence-corrected chi connectivity index (χ1v) is 8.27. The number of ketones is 1. The minimum Gasteiger partial charge on any atom is -0.370 e. The van der Waals surface area contributed by atoms with Gasteiger partial charge in [0.1, 0.15) is 11.6 Å². The molecule has 1 aliphatic heterocycles. The summed E-state index contributed by atoms with van der Waals surface area (Å²) in [6, 6.07) is 4.66. The second kappa shape index (κ2) is 5.55. The number of halogens is 1. The average molecular weight is 334 g/mol. The third-order valence-electron chi connectivity index (χ3n) is 5.09. The van der Waals surface area contributed by atoms with Crippen LogP contribution in [-0.2, 0) is 4.79 Å². The fourth-order valence-electron chi connectivity index (χ4n) is 4.30. The van der Waals surface area contributed by atoms with Gasteiger partial charge in [0.25, 0.3) is 0 Å². The molecule has 2 fully saturated rings. The van der Waals surface area contributed by atoms with E-state index in [9.17, 15) is 19.1 Å². The van der Waals surface area contributed by atoms with Crippen LogP contribution in [0.2, 0.25) is 0 Å². The summed E-state index contributed by atoms with van der Waals surface area (Å²) in [4.78, 5) is 26.7. The number of carbonyl (C=O) groups excluding carboxylic acids is 2. The van der Waals surface area contributed by atoms with Gasteiger partial charge in [-0.3, -0.25) is 9.69 Å². The monoisotopic (exact) mass is 334 g/mol. The molecule has 6 heteroatoms. The number of fused-ring (bicyclic) bond motifs is 1. The lowest BCUT2D eigenvalue weighted by Gasteiger charge is -2.56. The van der Waals surface area contributed by atoms with Crippen LogP contribution in [0, 0.1) is 17.2 Å². The lowest BCUT2D eigenvalue weighted by atomic mass is 9.63. The van der Waals surface area contributed by atoms with Crippen molar-refractivity contribution < 1.29 is 19.1 Å². The Morgan fingerprint density at radius 3 is 2.71 bits per heavy atom. The lowest BCUT2D eigenvalue weighted by molar-refractivity contribution is -0.192. The maximum atomic E-state index is 13.6. The number of Topliss-reactive ketones (excluding diaryl/α,β-unsaturated/α-hetero) is 1. The van der Waals surface area contributed by atoms with E-state index in [4.69, 9.17) is 0 Å². The third kappa shape index (κ3) is 2.59. The molecule has 24 heavy (non-hydrogen) atoms. The second-order valence-electron chi connectivity index (χ2n) is 7.57. The van der Waals surface area contributed by atoms with Crippen molar-refractivity contribution in [1.29, 1.82) is 0 Å². The summed E-state index contributed by atoms with van der Waals surface area (Å²) in [5.74, 6) is -1.36. The molecular weight excluding hydrogens is 311 g/mol. The van der Waals surface area contributed by atoms with Crippen molar-refractivity contribution in [2.24, 2.45) is 11.3 Å². The van der Waals surface area contributed by atoms with Gasteiger partial charge in [-0.1, -0.05) is 26.0 Å². The maximum absolute atomic E-state index is 13.6. The van der Waals surface area contributed by atoms with Crippen LogP contribution < -0.4 is 5.32 Å². The largest absolute Gasteiger partial charge is 0.370 e. The van der Waals surface area contributed by atoms with Crippen LogP contribution in [0.15, 0.2) is 24.3 Å². The van der Waals surface area contributed by atoms with Gasteiger partial charge in [-0.25, -0.2) is 9.18 Å². The molecule has 2 N–H and O–H groups in total. The van der Waals surface area contributed by atoms with Crippen LogP contribution in [0.3, 0.4) is 0 Å². The molecule has 0 radical (unpaired) electrons. The zero-order valence-electron chi connectivity index (χ0n) is 14.2. The van der Waals surface area contributed by atoms with Gasteiger partial charge in [0.15, 0.2) is 5.72 Å². The predicted molar refractivity (Wildman–Crippen MR) is 86.5 cm³/mol. The van der Waals surface area contributed by atoms with E-state index < -0.39 is 34.9 Å². The number of aliphatic hydroxyl groups is 1. The van der Waals surface area contributed by atoms with Gasteiger partial charge in [-0.15, -0.1) is 0 Å². The zero-order valence-corrected chi connectivity index (χ0v) is 14.2. The van der Waals surface area contributed by atoms with Gasteiger partial charge in [-0.05, 0) is 30.0 Å². The highest BCUT2D eigenvalue weighted by Crippen LogP contribution is 2.50. The first-order chi connectivity index (χ1) is 11.2. The molecule has 130 valence electrons. The highest BCUT2D eigenvalue weighted by molar-refractivity contribution is 5.88. The van der Waals surface area contributed by atoms with Gasteiger partial charge < -0.3 is 10.4 Å². The topological polar surface area (TPSA) is 69.6 Å². The number of rotatable bonds is 2. The Morgan fingerprint density at radius 1 is 1.38 bits per heavy atom. The minimum atomic E-state index is -1.56. The van der Waals surface area contributed by atoms with E-state index >= 15 is 0 Å². The Hall–Kier alpha value is -1.95.